The lowest BCUT2D eigenvalue weighted by Gasteiger charge is -2.32. The van der Waals surface area contributed by atoms with E-state index in [-0.39, 0.29) is 25.7 Å². The summed E-state index contributed by atoms with van der Waals surface area (Å²) >= 11 is 0. The monoisotopic (exact) mass is 279 g/mol. The molecule has 2 rings (SSSR count). The van der Waals surface area contributed by atoms with Gasteiger partial charge in [-0.15, -0.1) is 0 Å². The summed E-state index contributed by atoms with van der Waals surface area (Å²) in [5, 5.41) is 9.06. The van der Waals surface area contributed by atoms with Gasteiger partial charge in [0.2, 0.25) is 0 Å². The number of benzene rings is 1. The van der Waals surface area contributed by atoms with Crippen molar-refractivity contribution in [2.45, 2.75) is 13.0 Å². The SMILES string of the molecule is Cc1cccc(OCC(=O)N2CCOC[C@H]2C(=O)O)c1. The molecular formula is C14H17NO5. The Balaban J connectivity index is 1.95. The Morgan fingerprint density at radius 2 is 2.30 bits per heavy atom. The summed E-state index contributed by atoms with van der Waals surface area (Å²) in [5.74, 6) is -0.811. The standard InChI is InChI=1S/C14H17NO5/c1-10-3-2-4-11(7-10)20-9-13(16)15-5-6-19-8-12(15)14(17)18/h2-4,7,12H,5-6,8-9H2,1H3,(H,17,18)/t12-/m0/s1. The van der Waals surface area contributed by atoms with Crippen LogP contribution >= 0.6 is 0 Å². The van der Waals surface area contributed by atoms with Gasteiger partial charge < -0.3 is 19.5 Å². The van der Waals surface area contributed by atoms with E-state index < -0.39 is 12.0 Å². The molecule has 1 aromatic rings. The first kappa shape index (κ1) is 14.3. The number of ether oxygens (including phenoxy) is 2. The topological polar surface area (TPSA) is 76.1 Å². The Bertz CT molecular complexity index is 502. The van der Waals surface area contributed by atoms with Crippen LogP contribution in [0, 0.1) is 6.92 Å². The molecule has 0 spiro atoms. The maximum absolute atomic E-state index is 12.1. The third kappa shape index (κ3) is 3.48. The highest BCUT2D eigenvalue weighted by Gasteiger charge is 2.32. The van der Waals surface area contributed by atoms with Crippen molar-refractivity contribution < 1.29 is 24.2 Å². The van der Waals surface area contributed by atoms with Crippen LogP contribution in [0.25, 0.3) is 0 Å². The molecule has 1 heterocycles. The molecule has 0 bridgehead atoms. The zero-order valence-electron chi connectivity index (χ0n) is 11.2. The third-order valence-electron chi connectivity index (χ3n) is 3.09. The second kappa shape index (κ2) is 6.38. The van der Waals surface area contributed by atoms with Gasteiger partial charge >= 0.3 is 5.97 Å². The molecule has 1 amide bonds. The van der Waals surface area contributed by atoms with E-state index in [9.17, 15) is 9.59 Å². The highest BCUT2D eigenvalue weighted by molar-refractivity contribution is 5.84. The predicted octanol–water partition coefficient (Wildman–Crippen LogP) is 0.686. The summed E-state index contributed by atoms with van der Waals surface area (Å²) in [6, 6.07) is 6.41. The molecule has 1 N–H and O–H groups in total. The Hall–Kier alpha value is -2.08. The van der Waals surface area contributed by atoms with Crippen molar-refractivity contribution in [1.29, 1.82) is 0 Å². The Morgan fingerprint density at radius 1 is 1.50 bits per heavy atom. The van der Waals surface area contributed by atoms with Crippen molar-refractivity contribution in [1.82, 2.24) is 4.90 Å². The van der Waals surface area contributed by atoms with Crippen LogP contribution in [0.4, 0.5) is 0 Å². The molecule has 1 saturated heterocycles. The van der Waals surface area contributed by atoms with Gasteiger partial charge in [0.1, 0.15) is 5.75 Å². The normalized spacial score (nSPS) is 18.6. The van der Waals surface area contributed by atoms with Gasteiger partial charge in [-0.2, -0.15) is 0 Å². The number of carbonyl (C=O) groups is 2. The maximum atomic E-state index is 12.1. The molecule has 20 heavy (non-hydrogen) atoms. The van der Waals surface area contributed by atoms with Gasteiger partial charge in [0.15, 0.2) is 12.6 Å². The van der Waals surface area contributed by atoms with Gasteiger partial charge in [-0.1, -0.05) is 12.1 Å². The van der Waals surface area contributed by atoms with Gasteiger partial charge in [0.05, 0.1) is 13.2 Å². The lowest BCUT2D eigenvalue weighted by atomic mass is 10.2. The first-order valence-electron chi connectivity index (χ1n) is 6.37. The van der Waals surface area contributed by atoms with Crippen LogP contribution in [0.3, 0.4) is 0 Å². The van der Waals surface area contributed by atoms with Crippen molar-refractivity contribution in [3.8, 4) is 5.75 Å². The molecule has 0 aliphatic carbocycles. The number of hydrogen-bond acceptors (Lipinski definition) is 4. The summed E-state index contributed by atoms with van der Waals surface area (Å²) in [7, 11) is 0. The first-order valence-corrected chi connectivity index (χ1v) is 6.37. The number of carboxylic acids is 1. The number of amides is 1. The van der Waals surface area contributed by atoms with Gasteiger partial charge in [-0.05, 0) is 24.6 Å². The van der Waals surface area contributed by atoms with Crippen LogP contribution in [0.1, 0.15) is 5.56 Å². The van der Waals surface area contributed by atoms with Crippen molar-refractivity contribution in [3.63, 3.8) is 0 Å². The van der Waals surface area contributed by atoms with Crippen LogP contribution in [-0.2, 0) is 14.3 Å². The second-order valence-electron chi connectivity index (χ2n) is 4.62. The smallest absolute Gasteiger partial charge is 0.328 e. The van der Waals surface area contributed by atoms with Crippen LogP contribution in [0.5, 0.6) is 5.75 Å². The van der Waals surface area contributed by atoms with E-state index >= 15 is 0 Å². The summed E-state index contributed by atoms with van der Waals surface area (Å²) in [5.41, 5.74) is 1.03. The number of carbonyl (C=O) groups excluding carboxylic acids is 1. The highest BCUT2D eigenvalue weighted by atomic mass is 16.5. The molecule has 0 aromatic heterocycles. The molecule has 6 heteroatoms. The minimum absolute atomic E-state index is 0.0194. The van der Waals surface area contributed by atoms with Crippen LogP contribution in [0.15, 0.2) is 24.3 Å². The first-order chi connectivity index (χ1) is 9.58. The van der Waals surface area contributed by atoms with E-state index in [0.717, 1.165) is 5.56 Å². The number of morpholine rings is 1. The maximum Gasteiger partial charge on any atom is 0.328 e. The van der Waals surface area contributed by atoms with Crippen molar-refractivity contribution in [2.24, 2.45) is 0 Å². The summed E-state index contributed by atoms with van der Waals surface area (Å²) in [6.07, 6.45) is 0. The molecule has 6 nitrogen and oxygen atoms in total. The fraction of sp³-hybridized carbons (Fsp3) is 0.429. The second-order valence-corrected chi connectivity index (χ2v) is 4.62. The molecular weight excluding hydrogens is 262 g/mol. The van der Waals surface area contributed by atoms with E-state index in [1.54, 1.807) is 6.07 Å². The minimum atomic E-state index is -1.06. The number of rotatable bonds is 4. The largest absolute Gasteiger partial charge is 0.484 e. The zero-order valence-corrected chi connectivity index (χ0v) is 11.2. The van der Waals surface area contributed by atoms with E-state index in [4.69, 9.17) is 14.6 Å². The fourth-order valence-electron chi connectivity index (χ4n) is 2.04. The number of carboxylic acid groups (broad SMARTS) is 1. The Kier molecular flexibility index (Phi) is 4.57. The third-order valence-corrected chi connectivity index (χ3v) is 3.09. The van der Waals surface area contributed by atoms with Gasteiger partial charge in [-0.3, -0.25) is 4.79 Å². The minimum Gasteiger partial charge on any atom is -0.484 e. The van der Waals surface area contributed by atoms with Gasteiger partial charge in [0, 0.05) is 6.54 Å². The number of aliphatic carboxylic acids is 1. The van der Waals surface area contributed by atoms with Crippen LogP contribution < -0.4 is 4.74 Å². The molecule has 1 aliphatic heterocycles. The number of nitrogens with zero attached hydrogens (tertiary/aromatic N) is 1. The Labute approximate surface area is 116 Å². The fourth-order valence-corrected chi connectivity index (χ4v) is 2.04. The average Bonchev–Trinajstić information content (AvgIpc) is 2.45. The van der Waals surface area contributed by atoms with E-state index in [2.05, 4.69) is 0 Å². The van der Waals surface area contributed by atoms with E-state index in [0.29, 0.717) is 12.4 Å². The summed E-state index contributed by atoms with van der Waals surface area (Å²) < 4.78 is 10.5. The number of aryl methyl sites for hydroxylation is 1. The van der Waals surface area contributed by atoms with E-state index in [1.165, 1.54) is 4.90 Å². The van der Waals surface area contributed by atoms with Crippen molar-refractivity contribution in [3.05, 3.63) is 29.8 Å². The van der Waals surface area contributed by atoms with Gasteiger partial charge in [-0.25, -0.2) is 4.79 Å². The molecule has 1 aliphatic rings. The molecule has 108 valence electrons. The zero-order chi connectivity index (χ0) is 14.5. The Morgan fingerprint density at radius 3 is 3.00 bits per heavy atom. The van der Waals surface area contributed by atoms with Crippen molar-refractivity contribution in [2.75, 3.05) is 26.4 Å². The summed E-state index contributed by atoms with van der Waals surface area (Å²) in [4.78, 5) is 24.4. The van der Waals surface area contributed by atoms with Crippen molar-refractivity contribution >= 4 is 11.9 Å². The molecule has 1 atom stereocenters. The summed E-state index contributed by atoms with van der Waals surface area (Å²) in [6.45, 7) is 2.39. The molecule has 0 unspecified atom stereocenters. The average molecular weight is 279 g/mol. The van der Waals surface area contributed by atoms with Crippen LogP contribution in [-0.4, -0.2) is 54.3 Å². The lowest BCUT2D eigenvalue weighted by molar-refractivity contribution is -0.159. The predicted molar refractivity (Wildman–Crippen MR) is 70.6 cm³/mol. The molecule has 0 radical (unpaired) electrons. The van der Waals surface area contributed by atoms with Crippen LogP contribution in [0.2, 0.25) is 0 Å². The quantitative estimate of drug-likeness (QED) is 0.877. The lowest BCUT2D eigenvalue weighted by Crippen LogP contribution is -2.53. The molecule has 0 saturated carbocycles. The van der Waals surface area contributed by atoms with E-state index in [1.807, 2.05) is 25.1 Å². The highest BCUT2D eigenvalue weighted by Crippen LogP contribution is 2.13. The number of hydrogen-bond donors (Lipinski definition) is 1. The molecule has 1 aromatic carbocycles. The van der Waals surface area contributed by atoms with Gasteiger partial charge in [0.25, 0.3) is 5.91 Å². The molecule has 1 fully saturated rings.